The molecule has 0 saturated carbocycles. The zero-order valence-electron chi connectivity index (χ0n) is 21.3. The summed E-state index contributed by atoms with van der Waals surface area (Å²) in [6.07, 6.45) is 0.913. The number of nitrogens with one attached hydrogen (secondary N) is 1. The van der Waals surface area contributed by atoms with Crippen molar-refractivity contribution in [2.45, 2.75) is 20.1 Å². The number of ether oxygens (including phenoxy) is 2. The summed E-state index contributed by atoms with van der Waals surface area (Å²) in [7, 11) is -2.64. The van der Waals surface area contributed by atoms with Crippen LogP contribution in [0.1, 0.15) is 21.5 Å². The van der Waals surface area contributed by atoms with Gasteiger partial charge < -0.3 is 24.3 Å². The van der Waals surface area contributed by atoms with Crippen LogP contribution in [-0.2, 0) is 31.5 Å². The Morgan fingerprint density at radius 3 is 2.67 bits per heavy atom. The molecule has 2 heterocycles. The minimum Gasteiger partial charge on any atom is -0.494 e. The molecule has 0 fully saturated rings. The number of aryl methyl sites for hydroxylation is 1. The Kier molecular flexibility index (Phi) is 8.87. The van der Waals surface area contributed by atoms with E-state index in [4.69, 9.17) is 24.3 Å². The highest BCUT2D eigenvalue weighted by molar-refractivity contribution is 7.53. The molecule has 4 aromatic rings. The van der Waals surface area contributed by atoms with Gasteiger partial charge in [-0.05, 0) is 24.6 Å². The minimum atomic E-state index is -3.99. The van der Waals surface area contributed by atoms with Gasteiger partial charge in [-0.25, -0.2) is 9.37 Å². The topological polar surface area (TPSA) is 161 Å². The first-order valence-electron chi connectivity index (χ1n) is 11.8. The second-order valence-electron chi connectivity index (χ2n) is 8.51. The van der Waals surface area contributed by atoms with Crippen molar-refractivity contribution < 1.29 is 32.3 Å². The lowest BCUT2D eigenvalue weighted by molar-refractivity contribution is 0.0855. The van der Waals surface area contributed by atoms with Crippen LogP contribution in [0.3, 0.4) is 0 Å². The van der Waals surface area contributed by atoms with Crippen molar-refractivity contribution in [2.24, 2.45) is 0 Å². The van der Waals surface area contributed by atoms with E-state index in [0.29, 0.717) is 11.1 Å². The molecule has 1 atom stereocenters. The van der Waals surface area contributed by atoms with Crippen LogP contribution in [0.15, 0.2) is 53.6 Å². The fraction of sp³-hybridized carbons (Fsp3) is 0.280. The number of nitrogens with two attached hydrogens (primary N) is 1. The lowest BCUT2D eigenvalue weighted by Crippen LogP contribution is -2.14. The van der Waals surface area contributed by atoms with Crippen LogP contribution in [0.4, 0.5) is 10.3 Å². The number of Topliss-reactive ketones (excluding diaryl/α,β-unsaturated/α-hetero) is 1. The average molecular weight is 559 g/mol. The summed E-state index contributed by atoms with van der Waals surface area (Å²) in [5, 5.41) is 0. The van der Waals surface area contributed by atoms with Gasteiger partial charge in [0.05, 0.1) is 26.7 Å². The van der Waals surface area contributed by atoms with Gasteiger partial charge in [-0.2, -0.15) is 4.98 Å². The SMILES string of the molecule is COc1ccc(COP(=O)(COCCn2cnc3c(=O)[nH]c(N)nc32)OCC(=O)c2ccc(C)cc2)cc1F. The number of hydrogen-bond acceptors (Lipinski definition) is 10. The first-order valence-corrected chi connectivity index (χ1v) is 13.5. The molecule has 2 aromatic heterocycles. The number of halogens is 1. The molecule has 12 nitrogen and oxygen atoms in total. The van der Waals surface area contributed by atoms with Gasteiger partial charge >= 0.3 is 7.60 Å². The predicted octanol–water partition coefficient (Wildman–Crippen LogP) is 3.44. The van der Waals surface area contributed by atoms with E-state index in [1.54, 1.807) is 34.9 Å². The molecule has 14 heteroatoms. The molecule has 0 saturated heterocycles. The maximum absolute atomic E-state index is 14.1. The first-order chi connectivity index (χ1) is 18.7. The normalized spacial score (nSPS) is 12.9. The van der Waals surface area contributed by atoms with E-state index in [2.05, 4.69) is 15.0 Å². The lowest BCUT2D eigenvalue weighted by atomic mass is 10.1. The number of rotatable bonds is 13. The quantitative estimate of drug-likeness (QED) is 0.141. The third-order valence-corrected chi connectivity index (χ3v) is 7.17. The second-order valence-corrected chi connectivity index (χ2v) is 10.5. The summed E-state index contributed by atoms with van der Waals surface area (Å²) in [6, 6.07) is 11.0. The van der Waals surface area contributed by atoms with Crippen molar-refractivity contribution in [1.29, 1.82) is 0 Å². The highest BCUT2D eigenvalue weighted by Gasteiger charge is 2.27. The Labute approximate surface area is 222 Å². The Bertz CT molecular complexity index is 1570. The molecule has 0 aliphatic heterocycles. The summed E-state index contributed by atoms with van der Waals surface area (Å²) in [4.78, 5) is 35.0. The van der Waals surface area contributed by atoms with E-state index in [1.165, 1.54) is 25.6 Å². The van der Waals surface area contributed by atoms with Crippen LogP contribution in [0.25, 0.3) is 11.2 Å². The van der Waals surface area contributed by atoms with E-state index in [-0.39, 0.29) is 42.6 Å². The average Bonchev–Trinajstić information content (AvgIpc) is 3.32. The Balaban J connectivity index is 1.41. The molecule has 0 aliphatic carbocycles. The molecule has 39 heavy (non-hydrogen) atoms. The number of fused-ring (bicyclic) bond motifs is 1. The van der Waals surface area contributed by atoms with Crippen LogP contribution in [-0.4, -0.2) is 52.0 Å². The maximum Gasteiger partial charge on any atom is 0.356 e. The molecule has 0 spiro atoms. The number of aromatic nitrogens is 4. The summed E-state index contributed by atoms with van der Waals surface area (Å²) < 4.78 is 50.6. The van der Waals surface area contributed by atoms with Crippen LogP contribution in [0.5, 0.6) is 5.75 Å². The third kappa shape index (κ3) is 7.15. The van der Waals surface area contributed by atoms with Gasteiger partial charge in [0, 0.05) is 12.1 Å². The number of nitrogen functional groups attached to an aromatic ring is 1. The number of H-pyrrole nitrogens is 1. The third-order valence-electron chi connectivity index (χ3n) is 5.63. The summed E-state index contributed by atoms with van der Waals surface area (Å²) in [5.41, 5.74) is 7.26. The Morgan fingerprint density at radius 1 is 1.18 bits per heavy atom. The van der Waals surface area contributed by atoms with Crippen molar-refractivity contribution in [3.8, 4) is 5.75 Å². The number of methoxy groups -OCH3 is 1. The van der Waals surface area contributed by atoms with Crippen molar-refractivity contribution in [3.63, 3.8) is 0 Å². The number of aromatic amines is 1. The van der Waals surface area contributed by atoms with Crippen molar-refractivity contribution in [2.75, 3.05) is 32.4 Å². The van der Waals surface area contributed by atoms with Crippen molar-refractivity contribution in [1.82, 2.24) is 19.5 Å². The number of hydrogen-bond donors (Lipinski definition) is 2. The van der Waals surface area contributed by atoms with Crippen molar-refractivity contribution in [3.05, 3.63) is 81.7 Å². The van der Waals surface area contributed by atoms with E-state index < -0.39 is 37.7 Å². The number of anilines is 1. The van der Waals surface area contributed by atoms with Gasteiger partial charge in [-0.15, -0.1) is 0 Å². The largest absolute Gasteiger partial charge is 0.494 e. The number of carbonyl (C=O) groups is 1. The minimum absolute atomic E-state index is 0.0135. The monoisotopic (exact) mass is 559 g/mol. The van der Waals surface area contributed by atoms with E-state index in [0.717, 1.165) is 5.56 Å². The predicted molar refractivity (Wildman–Crippen MR) is 140 cm³/mol. The van der Waals surface area contributed by atoms with Gasteiger partial charge in [-0.3, -0.25) is 23.7 Å². The first kappa shape index (κ1) is 28.1. The van der Waals surface area contributed by atoms with E-state index in [1.807, 2.05) is 6.92 Å². The zero-order chi connectivity index (χ0) is 28.0. The van der Waals surface area contributed by atoms with Crippen molar-refractivity contribution >= 4 is 30.5 Å². The van der Waals surface area contributed by atoms with Gasteiger partial charge in [0.2, 0.25) is 5.95 Å². The van der Waals surface area contributed by atoms with Crippen LogP contribution < -0.4 is 16.0 Å². The standard InChI is InChI=1S/C25H27FN5O7P/c1-16-3-6-18(7-4-16)20(32)13-38-39(34,37-12-17-5-8-21(35-2)19(26)11-17)15-36-10-9-31-14-28-22-23(31)29-25(27)30-24(22)33/h3-8,11,14H,9-10,12-13,15H2,1-2H3,(H3,27,29,30,33). The second kappa shape index (κ2) is 12.3. The van der Waals surface area contributed by atoms with Crippen LogP contribution in [0.2, 0.25) is 0 Å². The molecule has 0 aliphatic rings. The van der Waals surface area contributed by atoms with Gasteiger partial charge in [0.1, 0.15) is 13.0 Å². The molecular weight excluding hydrogens is 532 g/mol. The fourth-order valence-corrected chi connectivity index (χ4v) is 4.77. The van der Waals surface area contributed by atoms with Gasteiger partial charge in [0.15, 0.2) is 28.5 Å². The van der Waals surface area contributed by atoms with Gasteiger partial charge in [-0.1, -0.05) is 35.9 Å². The van der Waals surface area contributed by atoms with E-state index >= 15 is 0 Å². The van der Waals surface area contributed by atoms with Crippen LogP contribution >= 0.6 is 7.60 Å². The molecule has 0 bridgehead atoms. The highest BCUT2D eigenvalue weighted by atomic mass is 31.2. The smallest absolute Gasteiger partial charge is 0.356 e. The molecule has 0 radical (unpaired) electrons. The number of ketones is 1. The fourth-order valence-electron chi connectivity index (χ4n) is 3.54. The Morgan fingerprint density at radius 2 is 1.95 bits per heavy atom. The number of benzene rings is 2. The number of nitrogens with zero attached hydrogens (tertiary/aromatic N) is 3. The molecule has 2 aromatic carbocycles. The van der Waals surface area contributed by atoms with E-state index in [9.17, 15) is 18.5 Å². The zero-order valence-corrected chi connectivity index (χ0v) is 22.2. The molecule has 1 unspecified atom stereocenters. The molecule has 206 valence electrons. The highest BCUT2D eigenvalue weighted by Crippen LogP contribution is 2.49. The molecule has 3 N–H and O–H groups in total. The maximum atomic E-state index is 14.1. The Hall–Kier alpha value is -3.90. The summed E-state index contributed by atoms with van der Waals surface area (Å²) >= 11 is 0. The molecule has 0 amide bonds. The summed E-state index contributed by atoms with van der Waals surface area (Å²) in [5.74, 6) is -1.01. The van der Waals surface area contributed by atoms with Crippen LogP contribution in [0, 0.1) is 12.7 Å². The lowest BCUT2D eigenvalue weighted by Gasteiger charge is -2.19. The van der Waals surface area contributed by atoms with Gasteiger partial charge in [0.25, 0.3) is 5.56 Å². The number of imidazole rings is 1. The molecule has 4 rings (SSSR count). The number of carbonyl (C=O) groups excluding carboxylic acids is 1. The summed E-state index contributed by atoms with van der Waals surface area (Å²) in [6.45, 7) is 1.32. The molecular formula is C25H27FN5O7P.